The van der Waals surface area contributed by atoms with E-state index in [0.717, 1.165) is 60.6 Å². The molecule has 0 amide bonds. The molecule has 2 aromatic carbocycles. The minimum atomic E-state index is -4.34. The van der Waals surface area contributed by atoms with Crippen LogP contribution in [0.5, 0.6) is 5.88 Å². The van der Waals surface area contributed by atoms with Gasteiger partial charge in [-0.25, -0.2) is 9.97 Å². The summed E-state index contributed by atoms with van der Waals surface area (Å²) >= 11 is 0. The van der Waals surface area contributed by atoms with Gasteiger partial charge in [-0.15, -0.1) is 0 Å². The van der Waals surface area contributed by atoms with E-state index in [9.17, 15) is 23.3 Å². The van der Waals surface area contributed by atoms with E-state index in [-0.39, 0.29) is 17.8 Å². The first-order chi connectivity index (χ1) is 19.2. The third kappa shape index (κ3) is 6.37. The highest BCUT2D eigenvalue weighted by Gasteiger charge is 2.30. The van der Waals surface area contributed by atoms with Crippen LogP contribution in [-0.2, 0) is 6.18 Å². The predicted octanol–water partition coefficient (Wildman–Crippen LogP) is 5.84. The van der Waals surface area contributed by atoms with Crippen LogP contribution in [0.15, 0.2) is 54.9 Å². The van der Waals surface area contributed by atoms with Gasteiger partial charge in [0.1, 0.15) is 18.2 Å². The molecule has 3 aromatic rings. The third-order valence-electron chi connectivity index (χ3n) is 7.55. The summed E-state index contributed by atoms with van der Waals surface area (Å²) in [6, 6.07) is 12.0. The van der Waals surface area contributed by atoms with E-state index in [1.54, 1.807) is 12.1 Å². The first-order valence-electron chi connectivity index (χ1n) is 13.3. The number of rotatable bonds is 7. The van der Waals surface area contributed by atoms with Crippen molar-refractivity contribution in [2.75, 3.05) is 41.3 Å². The van der Waals surface area contributed by atoms with Gasteiger partial charge in [-0.1, -0.05) is 0 Å². The van der Waals surface area contributed by atoms with Crippen LogP contribution in [0.4, 0.5) is 36.1 Å². The number of hydrogen-bond donors (Lipinski definition) is 1. The molecule has 1 saturated carbocycles. The quantitative estimate of drug-likeness (QED) is 0.286. The fourth-order valence-electron chi connectivity index (χ4n) is 5.30. The Kier molecular flexibility index (Phi) is 7.95. The summed E-state index contributed by atoms with van der Waals surface area (Å²) in [4.78, 5) is 23.6. The summed E-state index contributed by atoms with van der Waals surface area (Å²) in [6.07, 6.45) is 0.738. The van der Waals surface area contributed by atoms with Crippen LogP contribution in [0.3, 0.4) is 0 Å². The molecule has 9 nitrogen and oxygen atoms in total. The van der Waals surface area contributed by atoms with E-state index in [1.165, 1.54) is 30.6 Å². The number of halogens is 3. The lowest BCUT2D eigenvalue weighted by molar-refractivity contribution is -0.384. The summed E-state index contributed by atoms with van der Waals surface area (Å²) in [5.74, 6) is 1.38. The molecule has 2 heterocycles. The summed E-state index contributed by atoms with van der Waals surface area (Å²) in [5, 5.41) is 14.3. The molecule has 0 atom stereocenters. The SMILES string of the molecule is Cc1c(OC2CCC(Nc3ccc([N+](=O)[O-])cc3)CC2)ncnc1N1CCN(c2ccc(C(F)(F)F)cc2)CC1. The van der Waals surface area contributed by atoms with Crippen LogP contribution in [0.25, 0.3) is 0 Å². The number of alkyl halides is 3. The van der Waals surface area contributed by atoms with Gasteiger partial charge in [0.2, 0.25) is 5.88 Å². The van der Waals surface area contributed by atoms with Crippen molar-refractivity contribution in [1.29, 1.82) is 0 Å². The van der Waals surface area contributed by atoms with Crippen molar-refractivity contribution in [2.24, 2.45) is 0 Å². The molecule has 5 rings (SSSR count). The third-order valence-corrected chi connectivity index (χ3v) is 7.55. The monoisotopic (exact) mass is 556 g/mol. The van der Waals surface area contributed by atoms with Crippen molar-refractivity contribution in [3.63, 3.8) is 0 Å². The van der Waals surface area contributed by atoms with Crippen molar-refractivity contribution in [3.8, 4) is 5.88 Å². The molecule has 2 aliphatic rings. The van der Waals surface area contributed by atoms with Crippen molar-refractivity contribution < 1.29 is 22.8 Å². The zero-order valence-electron chi connectivity index (χ0n) is 22.1. The van der Waals surface area contributed by atoms with Gasteiger partial charge in [-0.2, -0.15) is 13.2 Å². The Labute approximate surface area is 230 Å². The number of aromatic nitrogens is 2. The fraction of sp³-hybridized carbons (Fsp3) is 0.429. The number of nitrogens with one attached hydrogen (secondary N) is 1. The molecule has 212 valence electrons. The van der Waals surface area contributed by atoms with Crippen LogP contribution >= 0.6 is 0 Å². The van der Waals surface area contributed by atoms with Gasteiger partial charge in [0, 0.05) is 55.7 Å². The van der Waals surface area contributed by atoms with Crippen molar-refractivity contribution in [3.05, 3.63) is 76.1 Å². The highest BCUT2D eigenvalue weighted by atomic mass is 19.4. The molecule has 1 aromatic heterocycles. The normalized spacial score (nSPS) is 19.8. The van der Waals surface area contributed by atoms with Gasteiger partial charge in [0.05, 0.1) is 16.1 Å². The van der Waals surface area contributed by atoms with E-state index in [0.29, 0.717) is 32.1 Å². The molecule has 0 radical (unpaired) electrons. The summed E-state index contributed by atoms with van der Waals surface area (Å²) in [7, 11) is 0. The molecule has 0 unspecified atom stereocenters. The number of piperazine rings is 1. The Morgan fingerprint density at radius 1 is 0.925 bits per heavy atom. The highest BCUT2D eigenvalue weighted by molar-refractivity contribution is 5.54. The number of hydrogen-bond acceptors (Lipinski definition) is 8. The fourth-order valence-corrected chi connectivity index (χ4v) is 5.30. The van der Waals surface area contributed by atoms with Gasteiger partial charge < -0.3 is 19.9 Å². The number of anilines is 3. The first kappa shape index (κ1) is 27.5. The molecule has 2 fully saturated rings. The van der Waals surface area contributed by atoms with Crippen LogP contribution < -0.4 is 19.9 Å². The Hall–Kier alpha value is -4.09. The zero-order chi connectivity index (χ0) is 28.3. The van der Waals surface area contributed by atoms with Crippen molar-refractivity contribution >= 4 is 22.9 Å². The van der Waals surface area contributed by atoms with Crippen LogP contribution in [0.2, 0.25) is 0 Å². The minimum Gasteiger partial charge on any atom is -0.474 e. The second-order valence-electron chi connectivity index (χ2n) is 10.2. The standard InChI is InChI=1S/C28H31F3N6O3/c1-19-26(36-16-14-35(15-17-36)23-8-2-20(3-9-23)28(29,30)31)32-18-33-27(19)40-25-12-6-22(7-13-25)34-21-4-10-24(11-5-21)37(38)39/h2-5,8-11,18,22,25,34H,6-7,12-17H2,1H3. The lowest BCUT2D eigenvalue weighted by Gasteiger charge is -2.37. The summed E-state index contributed by atoms with van der Waals surface area (Å²) < 4.78 is 45.0. The Balaban J connectivity index is 1.13. The lowest BCUT2D eigenvalue weighted by Crippen LogP contribution is -2.47. The molecule has 0 spiro atoms. The maximum Gasteiger partial charge on any atom is 0.416 e. The van der Waals surface area contributed by atoms with Crippen molar-refractivity contribution in [2.45, 2.75) is 50.9 Å². The molecule has 0 bridgehead atoms. The van der Waals surface area contributed by atoms with Gasteiger partial charge in [-0.05, 0) is 69.0 Å². The molecule has 1 saturated heterocycles. The van der Waals surface area contributed by atoms with Crippen LogP contribution in [0, 0.1) is 17.0 Å². The van der Waals surface area contributed by atoms with E-state index >= 15 is 0 Å². The molecule has 12 heteroatoms. The second kappa shape index (κ2) is 11.6. The van der Waals surface area contributed by atoms with Gasteiger partial charge >= 0.3 is 6.18 Å². The van der Waals surface area contributed by atoms with E-state index < -0.39 is 16.7 Å². The lowest BCUT2D eigenvalue weighted by atomic mass is 9.92. The molecule has 1 aliphatic carbocycles. The maximum atomic E-state index is 12.9. The van der Waals surface area contributed by atoms with E-state index in [2.05, 4.69) is 25.1 Å². The van der Waals surface area contributed by atoms with Crippen LogP contribution in [0.1, 0.15) is 36.8 Å². The summed E-state index contributed by atoms with van der Waals surface area (Å²) in [5.41, 5.74) is 1.94. The average molecular weight is 557 g/mol. The Bertz CT molecular complexity index is 1300. The maximum absolute atomic E-state index is 12.9. The largest absolute Gasteiger partial charge is 0.474 e. The Morgan fingerprint density at radius 3 is 2.15 bits per heavy atom. The van der Waals surface area contributed by atoms with Crippen LogP contribution in [-0.4, -0.2) is 53.2 Å². The number of nitro benzene ring substituents is 1. The number of ether oxygens (including phenoxy) is 1. The molecular weight excluding hydrogens is 525 g/mol. The topological polar surface area (TPSA) is 96.7 Å². The molecule has 1 aliphatic heterocycles. The Morgan fingerprint density at radius 2 is 1.55 bits per heavy atom. The highest BCUT2D eigenvalue weighted by Crippen LogP contribution is 2.32. The number of nitrogens with zero attached hydrogens (tertiary/aromatic N) is 5. The number of benzene rings is 2. The predicted molar refractivity (Wildman–Crippen MR) is 146 cm³/mol. The molecule has 1 N–H and O–H groups in total. The second-order valence-corrected chi connectivity index (χ2v) is 10.2. The van der Waals surface area contributed by atoms with Crippen molar-refractivity contribution in [1.82, 2.24) is 9.97 Å². The summed E-state index contributed by atoms with van der Waals surface area (Å²) in [6.45, 7) is 4.64. The smallest absolute Gasteiger partial charge is 0.416 e. The van der Waals surface area contributed by atoms with Gasteiger partial charge in [0.25, 0.3) is 5.69 Å². The molecule has 40 heavy (non-hydrogen) atoms. The van der Waals surface area contributed by atoms with Gasteiger partial charge in [-0.3, -0.25) is 10.1 Å². The van der Waals surface area contributed by atoms with E-state index in [1.807, 2.05) is 6.92 Å². The zero-order valence-corrected chi connectivity index (χ0v) is 22.1. The first-order valence-corrected chi connectivity index (χ1v) is 13.3. The average Bonchev–Trinajstić information content (AvgIpc) is 2.95. The molecular formula is C28H31F3N6O3. The van der Waals surface area contributed by atoms with E-state index in [4.69, 9.17) is 4.74 Å². The minimum absolute atomic E-state index is 0.0351. The number of nitro groups is 1. The number of non-ortho nitro benzene ring substituents is 1. The van der Waals surface area contributed by atoms with Gasteiger partial charge in [0.15, 0.2) is 0 Å².